The number of thiazole rings is 1. The number of imidazole rings is 1. The Kier molecular flexibility index (Phi) is 2.49. The van der Waals surface area contributed by atoms with E-state index in [2.05, 4.69) is 10.3 Å². The second kappa shape index (κ2) is 3.99. The standard InChI is InChI=1S/C11H13N3OS/c15-10(3-8-5-12-6-8)4-9-7-14-1-2-16-11(14)13-9/h1-2,7-8,12H,3-6H2. The third-order valence-electron chi connectivity index (χ3n) is 2.90. The van der Waals surface area contributed by atoms with Crippen LogP contribution in [0.2, 0.25) is 0 Å². The molecule has 2 aromatic heterocycles. The molecule has 0 saturated carbocycles. The molecular formula is C11H13N3OS. The van der Waals surface area contributed by atoms with Gasteiger partial charge < -0.3 is 5.32 Å². The van der Waals surface area contributed by atoms with Crippen LogP contribution in [0.5, 0.6) is 0 Å². The van der Waals surface area contributed by atoms with Gasteiger partial charge in [-0.3, -0.25) is 9.20 Å². The van der Waals surface area contributed by atoms with E-state index in [4.69, 9.17) is 0 Å². The predicted octanol–water partition coefficient (Wildman–Crippen LogP) is 1.12. The molecule has 2 aromatic rings. The van der Waals surface area contributed by atoms with Crippen molar-refractivity contribution in [3.05, 3.63) is 23.5 Å². The van der Waals surface area contributed by atoms with E-state index in [1.807, 2.05) is 22.2 Å². The van der Waals surface area contributed by atoms with Gasteiger partial charge >= 0.3 is 0 Å². The number of Topliss-reactive ketones (excluding diaryl/α,β-unsaturated/α-hetero) is 1. The Hall–Kier alpha value is -1.20. The Morgan fingerprint density at radius 1 is 1.62 bits per heavy atom. The second-order valence-electron chi connectivity index (χ2n) is 4.27. The quantitative estimate of drug-likeness (QED) is 0.863. The fraction of sp³-hybridized carbons (Fsp3) is 0.455. The molecule has 1 N–H and O–H groups in total. The maximum absolute atomic E-state index is 11.7. The van der Waals surface area contributed by atoms with Gasteiger partial charge in [0.05, 0.1) is 12.1 Å². The second-order valence-corrected chi connectivity index (χ2v) is 5.14. The van der Waals surface area contributed by atoms with E-state index in [0.29, 0.717) is 24.5 Å². The monoisotopic (exact) mass is 235 g/mol. The van der Waals surface area contributed by atoms with E-state index in [9.17, 15) is 4.79 Å². The van der Waals surface area contributed by atoms with Crippen molar-refractivity contribution in [3.8, 4) is 0 Å². The van der Waals surface area contributed by atoms with Crippen LogP contribution >= 0.6 is 11.3 Å². The molecule has 0 atom stereocenters. The van der Waals surface area contributed by atoms with Gasteiger partial charge in [-0.25, -0.2) is 4.98 Å². The molecule has 1 aliphatic heterocycles. The molecule has 0 amide bonds. The van der Waals surface area contributed by atoms with Gasteiger partial charge in [0.2, 0.25) is 0 Å². The van der Waals surface area contributed by atoms with Crippen LogP contribution in [-0.4, -0.2) is 28.3 Å². The van der Waals surface area contributed by atoms with Crippen LogP contribution in [0.1, 0.15) is 12.1 Å². The Bertz CT molecular complexity index is 484. The van der Waals surface area contributed by atoms with E-state index >= 15 is 0 Å². The van der Waals surface area contributed by atoms with Gasteiger partial charge in [0.1, 0.15) is 5.78 Å². The van der Waals surface area contributed by atoms with E-state index in [1.54, 1.807) is 11.3 Å². The molecule has 0 bridgehead atoms. The molecule has 0 aliphatic carbocycles. The van der Waals surface area contributed by atoms with Crippen molar-refractivity contribution in [2.24, 2.45) is 5.92 Å². The zero-order chi connectivity index (χ0) is 11.0. The minimum atomic E-state index is 0.303. The molecular weight excluding hydrogens is 222 g/mol. The molecule has 16 heavy (non-hydrogen) atoms. The lowest BCUT2D eigenvalue weighted by Crippen LogP contribution is -2.43. The number of carbonyl (C=O) groups excluding carboxylic acids is 1. The van der Waals surface area contributed by atoms with Crippen molar-refractivity contribution < 1.29 is 4.79 Å². The number of nitrogens with zero attached hydrogens (tertiary/aromatic N) is 2. The first-order chi connectivity index (χ1) is 7.81. The summed E-state index contributed by atoms with van der Waals surface area (Å²) in [6, 6.07) is 0. The molecule has 0 aromatic carbocycles. The molecule has 1 saturated heterocycles. The average Bonchev–Trinajstić information content (AvgIpc) is 2.71. The zero-order valence-corrected chi connectivity index (χ0v) is 9.67. The third kappa shape index (κ3) is 1.88. The van der Waals surface area contributed by atoms with Crippen molar-refractivity contribution in [3.63, 3.8) is 0 Å². The SMILES string of the molecule is O=C(Cc1cn2ccsc2n1)CC1CNC1. The number of aromatic nitrogens is 2. The molecule has 5 heteroatoms. The molecule has 0 radical (unpaired) electrons. The summed E-state index contributed by atoms with van der Waals surface area (Å²) < 4.78 is 1.97. The summed E-state index contributed by atoms with van der Waals surface area (Å²) in [4.78, 5) is 17.1. The van der Waals surface area contributed by atoms with Gasteiger partial charge in [0.15, 0.2) is 4.96 Å². The summed E-state index contributed by atoms with van der Waals surface area (Å²) in [5, 5.41) is 5.17. The highest BCUT2D eigenvalue weighted by Crippen LogP contribution is 2.14. The van der Waals surface area contributed by atoms with Crippen LogP contribution in [0.15, 0.2) is 17.8 Å². The number of nitrogens with one attached hydrogen (secondary N) is 1. The van der Waals surface area contributed by atoms with Crippen molar-refractivity contribution in [2.75, 3.05) is 13.1 Å². The summed E-state index contributed by atoms with van der Waals surface area (Å²) in [5.41, 5.74) is 0.893. The predicted molar refractivity (Wildman–Crippen MR) is 62.8 cm³/mol. The first-order valence-corrected chi connectivity index (χ1v) is 6.33. The highest BCUT2D eigenvalue weighted by Gasteiger charge is 2.20. The van der Waals surface area contributed by atoms with Crippen LogP contribution in [0.25, 0.3) is 4.96 Å². The summed E-state index contributed by atoms with van der Waals surface area (Å²) in [6.07, 6.45) is 5.09. The number of ketones is 1. The van der Waals surface area contributed by atoms with E-state index in [1.165, 1.54) is 0 Å². The fourth-order valence-corrected chi connectivity index (χ4v) is 2.67. The third-order valence-corrected chi connectivity index (χ3v) is 3.67. The van der Waals surface area contributed by atoms with E-state index < -0.39 is 0 Å². The van der Waals surface area contributed by atoms with Crippen LogP contribution in [-0.2, 0) is 11.2 Å². The Labute approximate surface area is 97.3 Å². The lowest BCUT2D eigenvalue weighted by Gasteiger charge is -2.26. The molecule has 3 rings (SSSR count). The Morgan fingerprint density at radius 3 is 3.19 bits per heavy atom. The summed E-state index contributed by atoms with van der Waals surface area (Å²) >= 11 is 1.60. The molecule has 3 heterocycles. The van der Waals surface area contributed by atoms with E-state index in [0.717, 1.165) is 23.7 Å². The van der Waals surface area contributed by atoms with Crippen LogP contribution in [0.4, 0.5) is 0 Å². The highest BCUT2D eigenvalue weighted by molar-refractivity contribution is 7.15. The van der Waals surface area contributed by atoms with Crippen LogP contribution in [0.3, 0.4) is 0 Å². The lowest BCUT2D eigenvalue weighted by molar-refractivity contribution is -0.119. The maximum Gasteiger partial charge on any atom is 0.193 e. The van der Waals surface area contributed by atoms with Gasteiger partial charge in [-0.2, -0.15) is 0 Å². The molecule has 84 valence electrons. The van der Waals surface area contributed by atoms with Crippen molar-refractivity contribution in [1.29, 1.82) is 0 Å². The molecule has 0 spiro atoms. The topological polar surface area (TPSA) is 46.4 Å². The lowest BCUT2D eigenvalue weighted by atomic mass is 9.95. The zero-order valence-electron chi connectivity index (χ0n) is 8.85. The number of rotatable bonds is 4. The smallest absolute Gasteiger partial charge is 0.193 e. The minimum Gasteiger partial charge on any atom is -0.316 e. The molecule has 1 fully saturated rings. The van der Waals surface area contributed by atoms with Crippen molar-refractivity contribution >= 4 is 22.1 Å². The highest BCUT2D eigenvalue weighted by atomic mass is 32.1. The largest absolute Gasteiger partial charge is 0.316 e. The van der Waals surface area contributed by atoms with Crippen molar-refractivity contribution in [2.45, 2.75) is 12.8 Å². The number of fused-ring (bicyclic) bond motifs is 1. The minimum absolute atomic E-state index is 0.303. The fourth-order valence-electron chi connectivity index (χ4n) is 1.95. The van der Waals surface area contributed by atoms with Crippen molar-refractivity contribution in [1.82, 2.24) is 14.7 Å². The number of hydrogen-bond donors (Lipinski definition) is 1. The van der Waals surface area contributed by atoms with Crippen LogP contribution in [0, 0.1) is 5.92 Å². The first kappa shape index (κ1) is 9.99. The number of hydrogen-bond acceptors (Lipinski definition) is 4. The van der Waals surface area contributed by atoms with Gasteiger partial charge in [-0.1, -0.05) is 0 Å². The van der Waals surface area contributed by atoms with Gasteiger partial charge in [-0.15, -0.1) is 11.3 Å². The van der Waals surface area contributed by atoms with Crippen LogP contribution < -0.4 is 5.32 Å². The Balaban J connectivity index is 1.64. The van der Waals surface area contributed by atoms with Gasteiger partial charge in [0.25, 0.3) is 0 Å². The first-order valence-electron chi connectivity index (χ1n) is 5.45. The number of carbonyl (C=O) groups is 1. The molecule has 1 aliphatic rings. The van der Waals surface area contributed by atoms with Gasteiger partial charge in [0, 0.05) is 24.2 Å². The maximum atomic E-state index is 11.7. The normalized spacial score (nSPS) is 16.5. The van der Waals surface area contributed by atoms with E-state index in [-0.39, 0.29) is 0 Å². The van der Waals surface area contributed by atoms with Gasteiger partial charge in [-0.05, 0) is 19.0 Å². The summed E-state index contributed by atoms with van der Waals surface area (Å²) in [6.45, 7) is 1.98. The molecule has 4 nitrogen and oxygen atoms in total. The average molecular weight is 235 g/mol. The summed E-state index contributed by atoms with van der Waals surface area (Å²) in [7, 11) is 0. The molecule has 0 unspecified atom stereocenters. The Morgan fingerprint density at radius 2 is 2.50 bits per heavy atom. The summed E-state index contributed by atoms with van der Waals surface area (Å²) in [5.74, 6) is 0.855.